The largest absolute Gasteiger partial charge is 0.468 e. The van der Waals surface area contributed by atoms with Crippen molar-refractivity contribution in [3.05, 3.63) is 10.0 Å². The van der Waals surface area contributed by atoms with Crippen LogP contribution in [-0.4, -0.2) is 37.9 Å². The number of aromatic nitrogens is 1. The summed E-state index contributed by atoms with van der Waals surface area (Å²) in [6, 6.07) is 0. The summed E-state index contributed by atoms with van der Waals surface area (Å²) in [4.78, 5) is 15.4. The molecule has 0 unspecified atom stereocenters. The van der Waals surface area contributed by atoms with Gasteiger partial charge < -0.3 is 14.2 Å². The minimum absolute atomic E-state index is 0.103. The van der Waals surface area contributed by atoms with Crippen molar-refractivity contribution in [3.8, 4) is 5.19 Å². The smallest absolute Gasteiger partial charge is 0.351 e. The normalized spacial score (nSPS) is 10.3. The molecule has 96 valence electrons. The SMILES string of the molecule is CCCOCCOc1nc(Cl)c(C(=O)OC)s1. The summed E-state index contributed by atoms with van der Waals surface area (Å²) >= 11 is 6.83. The van der Waals surface area contributed by atoms with E-state index in [1.807, 2.05) is 6.92 Å². The first kappa shape index (κ1) is 14.2. The molecule has 5 nitrogen and oxygen atoms in total. The van der Waals surface area contributed by atoms with Gasteiger partial charge in [-0.25, -0.2) is 4.79 Å². The van der Waals surface area contributed by atoms with Crippen LogP contribution in [0, 0.1) is 0 Å². The molecule has 0 aromatic carbocycles. The molecule has 0 atom stereocenters. The summed E-state index contributed by atoms with van der Waals surface area (Å²) in [5.74, 6) is -0.510. The molecule has 0 aliphatic carbocycles. The molecule has 1 heterocycles. The quantitative estimate of drug-likeness (QED) is 0.567. The number of nitrogens with zero attached hydrogens (tertiary/aromatic N) is 1. The molecule has 17 heavy (non-hydrogen) atoms. The third kappa shape index (κ3) is 4.49. The zero-order chi connectivity index (χ0) is 12.7. The summed E-state index contributed by atoms with van der Waals surface area (Å²) in [7, 11) is 1.29. The Labute approximate surface area is 109 Å². The van der Waals surface area contributed by atoms with Crippen molar-refractivity contribution in [2.24, 2.45) is 0 Å². The van der Waals surface area contributed by atoms with Crippen LogP contribution in [0.15, 0.2) is 0 Å². The molecule has 0 amide bonds. The first-order chi connectivity index (χ1) is 8.19. The zero-order valence-corrected chi connectivity index (χ0v) is 11.3. The topological polar surface area (TPSA) is 57.7 Å². The van der Waals surface area contributed by atoms with Gasteiger partial charge in [0.15, 0.2) is 10.0 Å². The number of carbonyl (C=O) groups is 1. The fourth-order valence-corrected chi connectivity index (χ4v) is 2.07. The molecule has 0 radical (unpaired) electrons. The lowest BCUT2D eigenvalue weighted by molar-refractivity contribution is 0.0606. The molecule has 1 aromatic heterocycles. The van der Waals surface area contributed by atoms with Crippen LogP contribution < -0.4 is 4.74 Å². The van der Waals surface area contributed by atoms with Crippen LogP contribution in [0.4, 0.5) is 0 Å². The molecule has 0 aliphatic heterocycles. The van der Waals surface area contributed by atoms with Crippen molar-refractivity contribution >= 4 is 28.9 Å². The van der Waals surface area contributed by atoms with Crippen LogP contribution in [0.5, 0.6) is 5.19 Å². The van der Waals surface area contributed by atoms with E-state index >= 15 is 0 Å². The van der Waals surface area contributed by atoms with Crippen molar-refractivity contribution in [3.63, 3.8) is 0 Å². The second-order valence-corrected chi connectivity index (χ2v) is 4.37. The Morgan fingerprint density at radius 1 is 1.41 bits per heavy atom. The summed E-state index contributed by atoms with van der Waals surface area (Å²) in [5.41, 5.74) is 0. The average molecular weight is 280 g/mol. The van der Waals surface area contributed by atoms with E-state index in [0.717, 1.165) is 17.8 Å². The van der Waals surface area contributed by atoms with Gasteiger partial charge in [-0.05, 0) is 6.42 Å². The van der Waals surface area contributed by atoms with Crippen LogP contribution in [0.2, 0.25) is 5.15 Å². The number of carbonyl (C=O) groups excluding carboxylic acids is 1. The lowest BCUT2D eigenvalue weighted by Gasteiger charge is -2.02. The highest BCUT2D eigenvalue weighted by molar-refractivity contribution is 7.15. The molecule has 1 rings (SSSR count). The van der Waals surface area contributed by atoms with Gasteiger partial charge in [0.1, 0.15) is 6.61 Å². The Balaban J connectivity index is 2.42. The van der Waals surface area contributed by atoms with Crippen LogP contribution in [-0.2, 0) is 9.47 Å². The number of methoxy groups -OCH3 is 1. The average Bonchev–Trinajstić information content (AvgIpc) is 2.69. The monoisotopic (exact) mass is 279 g/mol. The van der Waals surface area contributed by atoms with Crippen molar-refractivity contribution in [2.45, 2.75) is 13.3 Å². The van der Waals surface area contributed by atoms with Gasteiger partial charge in [0, 0.05) is 6.61 Å². The van der Waals surface area contributed by atoms with E-state index in [-0.39, 0.29) is 10.0 Å². The fraction of sp³-hybridized carbons (Fsp3) is 0.600. The Morgan fingerprint density at radius 2 is 2.18 bits per heavy atom. The minimum atomic E-state index is -0.510. The van der Waals surface area contributed by atoms with E-state index in [9.17, 15) is 4.79 Å². The maximum atomic E-state index is 11.2. The van der Waals surface area contributed by atoms with E-state index in [4.69, 9.17) is 21.1 Å². The van der Waals surface area contributed by atoms with E-state index < -0.39 is 5.97 Å². The molecular formula is C10H14ClNO4S. The van der Waals surface area contributed by atoms with Gasteiger partial charge in [0.05, 0.1) is 13.7 Å². The van der Waals surface area contributed by atoms with Crippen molar-refractivity contribution in [1.82, 2.24) is 4.98 Å². The molecule has 0 N–H and O–H groups in total. The Kier molecular flexibility index (Phi) is 6.25. The second-order valence-electron chi connectivity index (χ2n) is 3.05. The molecule has 0 bridgehead atoms. The Hall–Kier alpha value is -0.850. The predicted molar refractivity (Wildman–Crippen MR) is 65.1 cm³/mol. The Bertz CT molecular complexity index is 369. The standard InChI is InChI=1S/C10H14ClNO4S/c1-3-4-15-5-6-16-10-12-8(11)7(17-10)9(13)14-2/h3-6H2,1-2H3. The minimum Gasteiger partial charge on any atom is -0.468 e. The first-order valence-electron chi connectivity index (χ1n) is 5.14. The van der Waals surface area contributed by atoms with Gasteiger partial charge in [-0.2, -0.15) is 4.98 Å². The van der Waals surface area contributed by atoms with Crippen LogP contribution in [0.3, 0.4) is 0 Å². The maximum Gasteiger partial charge on any atom is 0.351 e. The number of hydrogen-bond donors (Lipinski definition) is 0. The number of halogens is 1. The summed E-state index contributed by atoms with van der Waals surface area (Å²) < 4.78 is 15.1. The molecule has 0 saturated heterocycles. The summed E-state index contributed by atoms with van der Waals surface area (Å²) in [6.45, 7) is 3.60. The summed E-state index contributed by atoms with van der Waals surface area (Å²) in [6.07, 6.45) is 0.968. The fourth-order valence-electron chi connectivity index (χ4n) is 0.998. The van der Waals surface area contributed by atoms with Crippen LogP contribution >= 0.6 is 22.9 Å². The lowest BCUT2D eigenvalue weighted by atomic mass is 10.5. The number of hydrogen-bond acceptors (Lipinski definition) is 6. The van der Waals surface area contributed by atoms with Crippen molar-refractivity contribution in [1.29, 1.82) is 0 Å². The molecule has 0 spiro atoms. The third-order valence-corrected chi connectivity index (χ3v) is 3.07. The Morgan fingerprint density at radius 3 is 2.82 bits per heavy atom. The number of rotatable bonds is 7. The lowest BCUT2D eigenvalue weighted by Crippen LogP contribution is -2.06. The number of thiazole rings is 1. The van der Waals surface area contributed by atoms with Gasteiger partial charge in [0.2, 0.25) is 0 Å². The predicted octanol–water partition coefficient (Wildman–Crippen LogP) is 2.39. The van der Waals surface area contributed by atoms with Crippen molar-refractivity contribution < 1.29 is 19.0 Å². The molecule has 7 heteroatoms. The highest BCUT2D eigenvalue weighted by Crippen LogP contribution is 2.29. The van der Waals surface area contributed by atoms with E-state index in [0.29, 0.717) is 25.0 Å². The van der Waals surface area contributed by atoms with Crippen LogP contribution in [0.25, 0.3) is 0 Å². The van der Waals surface area contributed by atoms with Crippen LogP contribution in [0.1, 0.15) is 23.0 Å². The van der Waals surface area contributed by atoms with E-state index in [1.165, 1.54) is 7.11 Å². The van der Waals surface area contributed by atoms with Gasteiger partial charge >= 0.3 is 5.97 Å². The molecule has 0 aliphatic rings. The van der Waals surface area contributed by atoms with E-state index in [1.54, 1.807) is 0 Å². The highest BCUT2D eigenvalue weighted by Gasteiger charge is 2.17. The van der Waals surface area contributed by atoms with Gasteiger partial charge in [0.25, 0.3) is 5.19 Å². The van der Waals surface area contributed by atoms with Gasteiger partial charge in [-0.3, -0.25) is 0 Å². The number of ether oxygens (including phenoxy) is 3. The van der Waals surface area contributed by atoms with Gasteiger partial charge in [-0.15, -0.1) is 0 Å². The molecule has 0 saturated carbocycles. The van der Waals surface area contributed by atoms with Gasteiger partial charge in [-0.1, -0.05) is 29.9 Å². The maximum absolute atomic E-state index is 11.2. The molecular weight excluding hydrogens is 266 g/mol. The van der Waals surface area contributed by atoms with E-state index in [2.05, 4.69) is 9.72 Å². The van der Waals surface area contributed by atoms with Crippen molar-refractivity contribution in [2.75, 3.05) is 26.9 Å². The highest BCUT2D eigenvalue weighted by atomic mass is 35.5. The molecule has 1 aromatic rings. The molecule has 0 fully saturated rings. The second kappa shape index (κ2) is 7.47. The first-order valence-corrected chi connectivity index (χ1v) is 6.33. The summed E-state index contributed by atoms with van der Waals surface area (Å²) in [5, 5.41) is 0.446. The zero-order valence-electron chi connectivity index (χ0n) is 9.69. The third-order valence-electron chi connectivity index (χ3n) is 1.74. The number of esters is 1.